The maximum absolute atomic E-state index is 13.8. The zero-order valence-corrected chi connectivity index (χ0v) is 15.9. The van der Waals surface area contributed by atoms with Crippen LogP contribution in [0.2, 0.25) is 0 Å². The molecule has 0 bridgehead atoms. The van der Waals surface area contributed by atoms with Crippen molar-refractivity contribution < 1.29 is 4.57 Å². The molecule has 0 radical (unpaired) electrons. The Balaban J connectivity index is 1.87. The molecule has 0 unspecified atom stereocenters. The minimum Gasteiger partial charge on any atom is -0.323 e. The predicted octanol–water partition coefficient (Wildman–Crippen LogP) is 6.71. The molecule has 3 aromatic rings. The third-order valence-corrected chi connectivity index (χ3v) is 7.36. The van der Waals surface area contributed by atoms with E-state index in [-0.39, 0.29) is 0 Å². The summed E-state index contributed by atoms with van der Waals surface area (Å²) in [5.41, 5.74) is 3.43. The highest BCUT2D eigenvalue weighted by atomic mass is 79.9. The van der Waals surface area contributed by atoms with Crippen molar-refractivity contribution >= 4 is 23.1 Å². The maximum Gasteiger partial charge on any atom is 0.100 e. The van der Waals surface area contributed by atoms with Crippen LogP contribution in [0.4, 0.5) is 0 Å². The molecule has 122 valence electrons. The van der Waals surface area contributed by atoms with Crippen molar-refractivity contribution in [1.82, 2.24) is 0 Å². The summed E-state index contributed by atoms with van der Waals surface area (Å²) >= 11 is 3.46. The van der Waals surface area contributed by atoms with E-state index in [1.807, 2.05) is 48.5 Å². The van der Waals surface area contributed by atoms with Crippen LogP contribution in [0.5, 0.6) is 0 Å². The lowest BCUT2D eigenvalue weighted by atomic mass is 10.2. The largest absolute Gasteiger partial charge is 0.323 e. The predicted molar refractivity (Wildman–Crippen MR) is 106 cm³/mol. The van der Waals surface area contributed by atoms with Crippen molar-refractivity contribution in [3.8, 4) is 0 Å². The molecular weight excluding hydrogens is 379 g/mol. The summed E-state index contributed by atoms with van der Waals surface area (Å²) in [6, 6.07) is 28.5. The molecule has 0 saturated heterocycles. The molecule has 1 nitrogen and oxygen atoms in total. The quantitative estimate of drug-likeness (QED) is 0.421. The van der Waals surface area contributed by atoms with Crippen molar-refractivity contribution in [3.63, 3.8) is 0 Å². The Labute approximate surface area is 152 Å². The van der Waals surface area contributed by atoms with Crippen LogP contribution in [0.1, 0.15) is 16.7 Å². The van der Waals surface area contributed by atoms with Gasteiger partial charge in [-0.1, -0.05) is 88.7 Å². The molecule has 0 heterocycles. The van der Waals surface area contributed by atoms with Crippen LogP contribution in [0, 0.1) is 0 Å². The zero-order valence-electron chi connectivity index (χ0n) is 13.4. The second-order valence-electron chi connectivity index (χ2n) is 6.13. The summed E-state index contributed by atoms with van der Waals surface area (Å²) in [6.45, 7) is 0. The lowest BCUT2D eigenvalue weighted by Gasteiger charge is -2.19. The Kier molecular flexibility index (Phi) is 5.71. The van der Waals surface area contributed by atoms with E-state index in [4.69, 9.17) is 0 Å². The van der Waals surface area contributed by atoms with Gasteiger partial charge in [-0.05, 0) is 28.8 Å². The Morgan fingerprint density at radius 3 is 1.38 bits per heavy atom. The monoisotopic (exact) mass is 398 g/mol. The van der Waals surface area contributed by atoms with Gasteiger partial charge in [-0.2, -0.15) is 0 Å². The molecule has 0 aliphatic heterocycles. The fourth-order valence-electron chi connectivity index (χ4n) is 2.92. The molecular formula is C21H20BrOP. The van der Waals surface area contributed by atoms with Crippen LogP contribution in [0.25, 0.3) is 0 Å². The standard InChI is InChI=1S/C21H20BrOP/c22-21-13-11-20(12-14-21)17-24(23,15-18-7-3-1-4-8-18)16-19-9-5-2-6-10-19/h1-14H,15-17H2. The van der Waals surface area contributed by atoms with Crippen LogP contribution >= 0.6 is 23.1 Å². The molecule has 24 heavy (non-hydrogen) atoms. The minimum absolute atomic E-state index is 0.629. The lowest BCUT2D eigenvalue weighted by Crippen LogP contribution is -1.98. The topological polar surface area (TPSA) is 17.1 Å². The van der Waals surface area contributed by atoms with Crippen molar-refractivity contribution in [3.05, 3.63) is 106 Å². The van der Waals surface area contributed by atoms with Crippen LogP contribution in [0.15, 0.2) is 89.4 Å². The molecule has 0 saturated carbocycles. The summed E-state index contributed by atoms with van der Waals surface area (Å²) < 4.78 is 14.8. The summed E-state index contributed by atoms with van der Waals surface area (Å²) in [4.78, 5) is 0. The Morgan fingerprint density at radius 1 is 0.583 bits per heavy atom. The van der Waals surface area contributed by atoms with Gasteiger partial charge in [-0.3, -0.25) is 0 Å². The van der Waals surface area contributed by atoms with Crippen molar-refractivity contribution in [2.24, 2.45) is 0 Å². The first-order chi connectivity index (χ1) is 11.6. The summed E-state index contributed by atoms with van der Waals surface area (Å²) in [6.07, 6.45) is 1.90. The fraction of sp³-hybridized carbons (Fsp3) is 0.143. The first kappa shape index (κ1) is 17.2. The highest BCUT2D eigenvalue weighted by Crippen LogP contribution is 2.55. The minimum atomic E-state index is -2.42. The first-order valence-corrected chi connectivity index (χ1v) is 11.1. The number of hydrogen-bond acceptors (Lipinski definition) is 1. The Hall–Kier alpha value is -1.63. The third kappa shape index (κ3) is 4.93. The van der Waals surface area contributed by atoms with E-state index in [1.54, 1.807) is 0 Å². The molecule has 0 atom stereocenters. The van der Waals surface area contributed by atoms with Gasteiger partial charge in [-0.15, -0.1) is 0 Å². The molecule has 0 spiro atoms. The van der Waals surface area contributed by atoms with Crippen molar-refractivity contribution in [2.45, 2.75) is 18.5 Å². The van der Waals surface area contributed by atoms with Crippen molar-refractivity contribution in [2.75, 3.05) is 0 Å². The number of benzene rings is 3. The number of halogens is 1. The Bertz CT molecular complexity index is 768. The molecule has 3 aromatic carbocycles. The average Bonchev–Trinajstić information content (AvgIpc) is 2.58. The molecule has 0 N–H and O–H groups in total. The summed E-state index contributed by atoms with van der Waals surface area (Å²) in [5.74, 6) is 0. The van der Waals surface area contributed by atoms with Gasteiger partial charge in [-0.25, -0.2) is 0 Å². The smallest absolute Gasteiger partial charge is 0.100 e. The van der Waals surface area contributed by atoms with E-state index in [9.17, 15) is 4.57 Å². The van der Waals surface area contributed by atoms with E-state index >= 15 is 0 Å². The van der Waals surface area contributed by atoms with E-state index in [1.165, 1.54) is 0 Å². The van der Waals surface area contributed by atoms with Crippen LogP contribution in [-0.4, -0.2) is 0 Å². The fourth-order valence-corrected chi connectivity index (χ4v) is 6.15. The van der Waals surface area contributed by atoms with Crippen molar-refractivity contribution in [1.29, 1.82) is 0 Å². The molecule has 3 heteroatoms. The molecule has 3 rings (SSSR count). The normalized spacial score (nSPS) is 11.4. The van der Waals surface area contributed by atoms with Gasteiger partial charge in [0.25, 0.3) is 0 Å². The van der Waals surface area contributed by atoms with Gasteiger partial charge in [0.2, 0.25) is 0 Å². The van der Waals surface area contributed by atoms with E-state index in [2.05, 4.69) is 52.3 Å². The summed E-state index contributed by atoms with van der Waals surface area (Å²) in [5, 5.41) is 0. The summed E-state index contributed by atoms with van der Waals surface area (Å²) in [7, 11) is -2.42. The first-order valence-electron chi connectivity index (χ1n) is 8.02. The van der Waals surface area contributed by atoms with Crippen LogP contribution in [0.3, 0.4) is 0 Å². The second kappa shape index (κ2) is 7.96. The molecule has 0 amide bonds. The van der Waals surface area contributed by atoms with E-state index in [0.29, 0.717) is 18.5 Å². The number of hydrogen-bond donors (Lipinski definition) is 0. The third-order valence-electron chi connectivity index (χ3n) is 4.01. The van der Waals surface area contributed by atoms with Gasteiger partial charge >= 0.3 is 0 Å². The highest BCUT2D eigenvalue weighted by molar-refractivity contribution is 9.10. The lowest BCUT2D eigenvalue weighted by molar-refractivity contribution is 0.572. The molecule has 0 fully saturated rings. The average molecular weight is 399 g/mol. The van der Waals surface area contributed by atoms with Gasteiger partial charge in [0.15, 0.2) is 0 Å². The van der Waals surface area contributed by atoms with Crippen LogP contribution in [-0.2, 0) is 23.1 Å². The zero-order chi connectivity index (χ0) is 16.8. The SMILES string of the molecule is O=P(Cc1ccccc1)(Cc1ccccc1)Cc1ccc(Br)cc1. The van der Waals surface area contributed by atoms with Crippen LogP contribution < -0.4 is 0 Å². The molecule has 0 aromatic heterocycles. The second-order valence-corrected chi connectivity index (χ2v) is 10.1. The molecule has 0 aliphatic carbocycles. The van der Waals surface area contributed by atoms with Gasteiger partial charge in [0.1, 0.15) is 7.14 Å². The van der Waals surface area contributed by atoms with E-state index < -0.39 is 7.14 Å². The van der Waals surface area contributed by atoms with Gasteiger partial charge < -0.3 is 4.57 Å². The maximum atomic E-state index is 13.8. The van der Waals surface area contributed by atoms with Gasteiger partial charge in [0, 0.05) is 23.0 Å². The molecule has 0 aliphatic rings. The highest BCUT2D eigenvalue weighted by Gasteiger charge is 2.24. The Morgan fingerprint density at radius 2 is 0.958 bits per heavy atom. The van der Waals surface area contributed by atoms with Gasteiger partial charge in [0.05, 0.1) is 0 Å². The van der Waals surface area contributed by atoms with E-state index in [0.717, 1.165) is 21.2 Å². The number of rotatable bonds is 6.